The standard InChI is InChI=1S/C24H36N4O2/c1-16(28(4)15-17-5-7-21(8-6-17)27(2)3)22(29)25-23(30)26-24-12-18-9-19(13-24)11-20(10-18)14-24/h5-8,16,18-20H,9-15H2,1-4H3,(H2,25,26,29,30)/t16-,18?,19?,20?,24?/m1/s1. The third-order valence-corrected chi connectivity index (χ3v) is 7.58. The zero-order chi connectivity index (χ0) is 21.5. The Hall–Kier alpha value is -2.08. The average Bonchev–Trinajstić information content (AvgIpc) is 2.66. The van der Waals surface area contributed by atoms with E-state index >= 15 is 0 Å². The predicted molar refractivity (Wildman–Crippen MR) is 119 cm³/mol. The van der Waals surface area contributed by atoms with Gasteiger partial charge in [0.1, 0.15) is 0 Å². The van der Waals surface area contributed by atoms with Crippen LogP contribution in [0.2, 0.25) is 0 Å². The maximum Gasteiger partial charge on any atom is 0.321 e. The summed E-state index contributed by atoms with van der Waals surface area (Å²) >= 11 is 0. The minimum absolute atomic E-state index is 0.0809. The monoisotopic (exact) mass is 412 g/mol. The number of carbonyl (C=O) groups is 2. The third kappa shape index (κ3) is 4.48. The Kier molecular flexibility index (Phi) is 5.80. The summed E-state index contributed by atoms with van der Waals surface area (Å²) in [5, 5.41) is 5.83. The Labute approximate surface area is 180 Å². The molecule has 30 heavy (non-hydrogen) atoms. The van der Waals surface area contributed by atoms with Crippen LogP contribution >= 0.6 is 0 Å². The summed E-state index contributed by atoms with van der Waals surface area (Å²) in [6, 6.07) is 7.60. The quantitative estimate of drug-likeness (QED) is 0.752. The Balaban J connectivity index is 1.29. The van der Waals surface area contributed by atoms with Gasteiger partial charge in [-0.1, -0.05) is 12.1 Å². The van der Waals surface area contributed by atoms with E-state index in [1.165, 1.54) is 19.3 Å². The Morgan fingerprint density at radius 1 is 1.00 bits per heavy atom. The lowest BCUT2D eigenvalue weighted by Gasteiger charge is -2.56. The fraction of sp³-hybridized carbons (Fsp3) is 0.667. The molecule has 1 aromatic rings. The first kappa shape index (κ1) is 21.2. The topological polar surface area (TPSA) is 64.7 Å². The minimum atomic E-state index is -0.388. The van der Waals surface area contributed by atoms with E-state index < -0.39 is 0 Å². The van der Waals surface area contributed by atoms with Gasteiger partial charge in [0.2, 0.25) is 5.91 Å². The highest BCUT2D eigenvalue weighted by Gasteiger charge is 2.51. The summed E-state index contributed by atoms with van der Waals surface area (Å²) in [5.41, 5.74) is 2.21. The van der Waals surface area contributed by atoms with Crippen molar-refractivity contribution in [1.29, 1.82) is 0 Å². The molecular weight excluding hydrogens is 376 g/mol. The van der Waals surface area contributed by atoms with Crippen molar-refractivity contribution in [3.63, 3.8) is 0 Å². The van der Waals surface area contributed by atoms with Gasteiger partial charge in [0.05, 0.1) is 6.04 Å². The predicted octanol–water partition coefficient (Wildman–Crippen LogP) is 3.37. The molecule has 0 radical (unpaired) electrons. The number of hydrogen-bond donors (Lipinski definition) is 2. The molecule has 4 saturated carbocycles. The molecule has 4 aliphatic carbocycles. The fourth-order valence-corrected chi connectivity index (χ4v) is 6.28. The van der Waals surface area contributed by atoms with Crippen LogP contribution in [0.15, 0.2) is 24.3 Å². The van der Waals surface area contributed by atoms with Gasteiger partial charge in [0.15, 0.2) is 0 Å². The lowest BCUT2D eigenvalue weighted by Crippen LogP contribution is -2.62. The van der Waals surface area contributed by atoms with Crippen LogP contribution in [0.3, 0.4) is 0 Å². The minimum Gasteiger partial charge on any atom is -0.378 e. The molecule has 0 aromatic heterocycles. The van der Waals surface area contributed by atoms with E-state index in [0.29, 0.717) is 6.54 Å². The van der Waals surface area contributed by atoms with Gasteiger partial charge < -0.3 is 10.2 Å². The van der Waals surface area contributed by atoms with E-state index in [2.05, 4.69) is 39.8 Å². The number of rotatable bonds is 6. The summed E-state index contributed by atoms with van der Waals surface area (Å²) in [6.45, 7) is 2.50. The molecule has 0 saturated heterocycles. The molecule has 164 valence electrons. The highest BCUT2D eigenvalue weighted by atomic mass is 16.2. The van der Waals surface area contributed by atoms with Gasteiger partial charge in [-0.05, 0) is 87.9 Å². The molecule has 3 amide bonds. The van der Waals surface area contributed by atoms with E-state index in [9.17, 15) is 9.59 Å². The SMILES string of the molecule is C[C@H](C(=O)NC(=O)NC12CC3CC(CC(C3)C1)C2)N(C)Cc1ccc(N(C)C)cc1. The number of nitrogens with zero attached hydrogens (tertiary/aromatic N) is 2. The fourth-order valence-electron chi connectivity index (χ4n) is 6.28. The smallest absolute Gasteiger partial charge is 0.321 e. The second-order valence-electron chi connectivity index (χ2n) is 10.3. The molecule has 4 fully saturated rings. The lowest BCUT2D eigenvalue weighted by atomic mass is 9.53. The second-order valence-corrected chi connectivity index (χ2v) is 10.3. The number of hydrogen-bond acceptors (Lipinski definition) is 4. The van der Waals surface area contributed by atoms with Gasteiger partial charge in [0, 0.05) is 31.9 Å². The summed E-state index contributed by atoms with van der Waals surface area (Å²) in [7, 11) is 5.95. The zero-order valence-electron chi connectivity index (χ0n) is 18.8. The number of carbonyl (C=O) groups excluding carboxylic acids is 2. The molecule has 2 N–H and O–H groups in total. The van der Waals surface area contributed by atoms with Crippen molar-refractivity contribution >= 4 is 17.6 Å². The number of imide groups is 1. The van der Waals surface area contributed by atoms with Crippen LogP contribution in [-0.4, -0.2) is 49.6 Å². The Bertz CT molecular complexity index is 754. The molecule has 1 atom stereocenters. The van der Waals surface area contributed by atoms with Gasteiger partial charge in [-0.2, -0.15) is 0 Å². The van der Waals surface area contributed by atoms with Gasteiger partial charge >= 0.3 is 6.03 Å². The number of likely N-dealkylation sites (N-methyl/N-ethyl adjacent to an activating group) is 1. The average molecular weight is 413 g/mol. The molecule has 5 rings (SSSR count). The first-order valence-corrected chi connectivity index (χ1v) is 11.3. The molecule has 1 aromatic carbocycles. The summed E-state index contributed by atoms with van der Waals surface area (Å²) in [4.78, 5) is 29.4. The van der Waals surface area contributed by atoms with Gasteiger partial charge in [-0.3, -0.25) is 15.0 Å². The van der Waals surface area contributed by atoms with Crippen molar-refractivity contribution in [2.45, 2.75) is 63.6 Å². The molecule has 0 aliphatic heterocycles. The van der Waals surface area contributed by atoms with Crippen LogP contribution < -0.4 is 15.5 Å². The van der Waals surface area contributed by atoms with Crippen molar-refractivity contribution in [3.8, 4) is 0 Å². The molecule has 0 unspecified atom stereocenters. The van der Waals surface area contributed by atoms with Gasteiger partial charge in [-0.15, -0.1) is 0 Å². The highest BCUT2D eigenvalue weighted by molar-refractivity contribution is 5.97. The molecule has 0 spiro atoms. The van der Waals surface area contributed by atoms with Crippen LogP contribution in [0.25, 0.3) is 0 Å². The van der Waals surface area contributed by atoms with Crippen LogP contribution in [0, 0.1) is 17.8 Å². The van der Waals surface area contributed by atoms with Gasteiger partial charge in [-0.25, -0.2) is 4.79 Å². The normalized spacial score (nSPS) is 30.2. The van der Waals surface area contributed by atoms with E-state index in [0.717, 1.165) is 48.3 Å². The number of amides is 3. The van der Waals surface area contributed by atoms with Crippen molar-refractivity contribution in [2.75, 3.05) is 26.0 Å². The first-order chi connectivity index (χ1) is 14.2. The highest BCUT2D eigenvalue weighted by Crippen LogP contribution is 2.55. The van der Waals surface area contributed by atoms with Crippen LogP contribution in [0.5, 0.6) is 0 Å². The number of nitrogens with one attached hydrogen (secondary N) is 2. The molecule has 4 aliphatic rings. The van der Waals surface area contributed by atoms with Gasteiger partial charge in [0.25, 0.3) is 0 Å². The molecular formula is C24H36N4O2. The van der Waals surface area contributed by atoms with Crippen LogP contribution in [0.4, 0.5) is 10.5 Å². The summed E-state index contributed by atoms with van der Waals surface area (Å²) in [6.07, 6.45) is 7.24. The van der Waals surface area contributed by atoms with Crippen molar-refractivity contribution in [2.24, 2.45) is 17.8 Å². The van der Waals surface area contributed by atoms with E-state index in [1.54, 1.807) is 0 Å². The lowest BCUT2D eigenvalue weighted by molar-refractivity contribution is -0.124. The zero-order valence-corrected chi connectivity index (χ0v) is 18.8. The number of urea groups is 1. The second kappa shape index (κ2) is 8.22. The van der Waals surface area contributed by atoms with Crippen molar-refractivity contribution in [1.82, 2.24) is 15.5 Å². The number of anilines is 1. The van der Waals surface area contributed by atoms with Crippen LogP contribution in [0.1, 0.15) is 51.0 Å². The molecule has 6 heteroatoms. The van der Waals surface area contributed by atoms with E-state index in [1.807, 2.05) is 33.0 Å². The molecule has 4 bridgehead atoms. The molecule has 6 nitrogen and oxygen atoms in total. The Morgan fingerprint density at radius 3 is 2.03 bits per heavy atom. The van der Waals surface area contributed by atoms with Crippen molar-refractivity contribution < 1.29 is 9.59 Å². The maximum atomic E-state index is 12.7. The number of benzene rings is 1. The van der Waals surface area contributed by atoms with E-state index in [-0.39, 0.29) is 23.5 Å². The Morgan fingerprint density at radius 2 is 1.53 bits per heavy atom. The van der Waals surface area contributed by atoms with Crippen molar-refractivity contribution in [3.05, 3.63) is 29.8 Å². The largest absolute Gasteiger partial charge is 0.378 e. The summed E-state index contributed by atoms with van der Waals surface area (Å²) < 4.78 is 0. The third-order valence-electron chi connectivity index (χ3n) is 7.58. The maximum absolute atomic E-state index is 12.7. The van der Waals surface area contributed by atoms with Crippen LogP contribution in [-0.2, 0) is 11.3 Å². The first-order valence-electron chi connectivity index (χ1n) is 11.3. The summed E-state index contributed by atoms with van der Waals surface area (Å²) in [5.74, 6) is 2.04. The molecule has 0 heterocycles. The van der Waals surface area contributed by atoms with E-state index in [4.69, 9.17) is 0 Å².